The highest BCUT2D eigenvalue weighted by Crippen LogP contribution is 2.19. The molecular weight excluding hydrogens is 336 g/mol. The maximum absolute atomic E-state index is 12.2. The molecule has 0 bridgehead atoms. The Labute approximate surface area is 162 Å². The van der Waals surface area contributed by atoms with Crippen molar-refractivity contribution < 1.29 is 9.53 Å². The summed E-state index contributed by atoms with van der Waals surface area (Å²) in [5.74, 6) is 0.838. The van der Waals surface area contributed by atoms with E-state index < -0.39 is 0 Å². The number of piperidine rings is 1. The summed E-state index contributed by atoms with van der Waals surface area (Å²) < 4.78 is 5.14. The molecule has 1 heterocycles. The largest absolute Gasteiger partial charge is 0.497 e. The van der Waals surface area contributed by atoms with Crippen LogP contribution in [0.25, 0.3) is 0 Å². The first-order valence-corrected chi connectivity index (χ1v) is 9.85. The van der Waals surface area contributed by atoms with Crippen LogP contribution in [0.1, 0.15) is 42.9 Å². The summed E-state index contributed by atoms with van der Waals surface area (Å²) in [6.07, 6.45) is 4.35. The maximum atomic E-state index is 12.2. The number of rotatable bonds is 7. The van der Waals surface area contributed by atoms with Crippen molar-refractivity contribution in [1.82, 2.24) is 10.2 Å². The third-order valence-corrected chi connectivity index (χ3v) is 5.36. The zero-order valence-corrected chi connectivity index (χ0v) is 16.4. The number of hydrogen-bond acceptors (Lipinski definition) is 3. The molecule has 1 unspecified atom stereocenters. The molecule has 0 spiro atoms. The van der Waals surface area contributed by atoms with Gasteiger partial charge in [0, 0.05) is 19.1 Å². The molecule has 2 aromatic rings. The first-order valence-electron chi connectivity index (χ1n) is 9.85. The second kappa shape index (κ2) is 9.56. The summed E-state index contributed by atoms with van der Waals surface area (Å²) in [7, 11) is 1.64. The molecule has 1 atom stereocenters. The van der Waals surface area contributed by atoms with E-state index in [1.54, 1.807) is 7.11 Å². The molecule has 1 N–H and O–H groups in total. The Morgan fingerprint density at radius 1 is 1.04 bits per heavy atom. The van der Waals surface area contributed by atoms with E-state index in [0.717, 1.165) is 23.4 Å². The van der Waals surface area contributed by atoms with Crippen LogP contribution in [0.3, 0.4) is 0 Å². The van der Waals surface area contributed by atoms with Crippen LogP contribution in [0.2, 0.25) is 0 Å². The molecule has 1 aliphatic rings. The van der Waals surface area contributed by atoms with Crippen molar-refractivity contribution in [3.8, 4) is 5.75 Å². The first-order chi connectivity index (χ1) is 13.1. The summed E-state index contributed by atoms with van der Waals surface area (Å²) in [6, 6.07) is 16.9. The van der Waals surface area contributed by atoms with Gasteiger partial charge >= 0.3 is 0 Å². The van der Waals surface area contributed by atoms with Crippen molar-refractivity contribution in [2.75, 3.05) is 13.7 Å². The van der Waals surface area contributed by atoms with E-state index in [0.29, 0.717) is 19.0 Å². The molecule has 0 radical (unpaired) electrons. The van der Waals surface area contributed by atoms with E-state index in [1.165, 1.54) is 31.4 Å². The lowest BCUT2D eigenvalue weighted by Gasteiger charge is -2.33. The Kier molecular flexibility index (Phi) is 6.88. The normalized spacial score (nSPS) is 17.5. The number of nitrogens with zero attached hydrogens (tertiary/aromatic N) is 1. The van der Waals surface area contributed by atoms with E-state index in [1.807, 2.05) is 24.3 Å². The lowest BCUT2D eigenvalue weighted by molar-refractivity contribution is -0.120. The Morgan fingerprint density at radius 2 is 1.70 bits per heavy atom. The fourth-order valence-corrected chi connectivity index (χ4v) is 3.58. The van der Waals surface area contributed by atoms with Crippen LogP contribution in [0.4, 0.5) is 0 Å². The van der Waals surface area contributed by atoms with Gasteiger partial charge in [0.1, 0.15) is 5.75 Å². The van der Waals surface area contributed by atoms with E-state index >= 15 is 0 Å². The van der Waals surface area contributed by atoms with Gasteiger partial charge in [0.25, 0.3) is 0 Å². The molecule has 4 nitrogen and oxygen atoms in total. The van der Waals surface area contributed by atoms with Gasteiger partial charge in [-0.3, -0.25) is 9.69 Å². The molecule has 0 aliphatic carbocycles. The third-order valence-electron chi connectivity index (χ3n) is 5.36. The average molecular weight is 367 g/mol. The van der Waals surface area contributed by atoms with Crippen molar-refractivity contribution in [2.24, 2.45) is 0 Å². The number of likely N-dealkylation sites (tertiary alicyclic amines) is 1. The Balaban J connectivity index is 1.45. The van der Waals surface area contributed by atoms with Crippen LogP contribution in [-0.2, 0) is 24.3 Å². The maximum Gasteiger partial charge on any atom is 0.224 e. The lowest BCUT2D eigenvalue weighted by atomic mass is 10.0. The number of benzene rings is 2. The molecule has 144 valence electrons. The Morgan fingerprint density at radius 3 is 2.37 bits per heavy atom. The number of hydrogen-bond donors (Lipinski definition) is 1. The van der Waals surface area contributed by atoms with Crippen LogP contribution in [0.5, 0.6) is 5.75 Å². The van der Waals surface area contributed by atoms with Crippen LogP contribution < -0.4 is 10.1 Å². The summed E-state index contributed by atoms with van der Waals surface area (Å²) in [4.78, 5) is 14.7. The monoisotopic (exact) mass is 366 g/mol. The van der Waals surface area contributed by atoms with Crippen LogP contribution in [-0.4, -0.2) is 30.5 Å². The molecule has 4 heteroatoms. The summed E-state index contributed by atoms with van der Waals surface area (Å²) in [5, 5.41) is 3.00. The highest BCUT2D eigenvalue weighted by molar-refractivity contribution is 5.78. The zero-order chi connectivity index (χ0) is 19.1. The predicted octanol–water partition coefficient (Wildman–Crippen LogP) is 3.93. The molecule has 1 saturated heterocycles. The molecule has 0 saturated carbocycles. The van der Waals surface area contributed by atoms with E-state index in [4.69, 9.17) is 4.74 Å². The van der Waals surface area contributed by atoms with E-state index in [2.05, 4.69) is 41.4 Å². The van der Waals surface area contributed by atoms with Gasteiger partial charge in [0.15, 0.2) is 0 Å². The quantitative estimate of drug-likeness (QED) is 0.807. The van der Waals surface area contributed by atoms with Gasteiger partial charge in [-0.1, -0.05) is 42.8 Å². The average Bonchev–Trinajstić information content (AvgIpc) is 2.70. The fourth-order valence-electron chi connectivity index (χ4n) is 3.58. The minimum absolute atomic E-state index is 0.0337. The van der Waals surface area contributed by atoms with Crippen molar-refractivity contribution in [3.63, 3.8) is 0 Å². The number of nitrogens with one attached hydrogen (secondary N) is 1. The van der Waals surface area contributed by atoms with Gasteiger partial charge in [-0.05, 0) is 55.1 Å². The number of carbonyl (C=O) groups is 1. The third kappa shape index (κ3) is 5.83. The highest BCUT2D eigenvalue weighted by Gasteiger charge is 2.17. The lowest BCUT2D eigenvalue weighted by Crippen LogP contribution is -2.36. The SMILES string of the molecule is COc1ccc(CC(=O)NCc2ccc(CN3CCCCC3C)cc2)cc1. The van der Waals surface area contributed by atoms with Crippen molar-refractivity contribution in [2.45, 2.75) is 51.7 Å². The summed E-state index contributed by atoms with van der Waals surface area (Å²) in [5.41, 5.74) is 3.46. The van der Waals surface area contributed by atoms with Gasteiger partial charge in [0.05, 0.1) is 13.5 Å². The molecule has 3 rings (SSSR count). The minimum Gasteiger partial charge on any atom is -0.497 e. The smallest absolute Gasteiger partial charge is 0.224 e. The van der Waals surface area contributed by atoms with Gasteiger partial charge in [0.2, 0.25) is 5.91 Å². The Hall–Kier alpha value is -2.33. The zero-order valence-electron chi connectivity index (χ0n) is 16.4. The van der Waals surface area contributed by atoms with Crippen LogP contribution in [0.15, 0.2) is 48.5 Å². The topological polar surface area (TPSA) is 41.6 Å². The fraction of sp³-hybridized carbons (Fsp3) is 0.435. The van der Waals surface area contributed by atoms with Crippen molar-refractivity contribution >= 4 is 5.91 Å². The van der Waals surface area contributed by atoms with Crippen LogP contribution >= 0.6 is 0 Å². The first kappa shape index (κ1) is 19.4. The molecule has 2 aromatic carbocycles. The van der Waals surface area contributed by atoms with Crippen molar-refractivity contribution in [3.05, 3.63) is 65.2 Å². The highest BCUT2D eigenvalue weighted by atomic mass is 16.5. The summed E-state index contributed by atoms with van der Waals surface area (Å²) >= 11 is 0. The molecule has 0 aromatic heterocycles. The van der Waals surface area contributed by atoms with Gasteiger partial charge < -0.3 is 10.1 Å². The second-order valence-corrected chi connectivity index (χ2v) is 7.43. The molecular formula is C23H30N2O2. The molecule has 27 heavy (non-hydrogen) atoms. The standard InChI is InChI=1S/C23H30N2O2/c1-18-5-3-4-14-25(18)17-21-8-6-20(7-9-21)16-24-23(26)15-19-10-12-22(27-2)13-11-19/h6-13,18H,3-5,14-17H2,1-2H3,(H,24,26). The Bertz CT molecular complexity index is 725. The minimum atomic E-state index is 0.0337. The number of methoxy groups -OCH3 is 1. The van der Waals surface area contributed by atoms with Gasteiger partial charge in [-0.25, -0.2) is 0 Å². The number of amides is 1. The predicted molar refractivity (Wildman–Crippen MR) is 109 cm³/mol. The molecule has 1 amide bonds. The molecule has 1 aliphatic heterocycles. The van der Waals surface area contributed by atoms with Crippen LogP contribution in [0, 0.1) is 0 Å². The summed E-state index contributed by atoms with van der Waals surface area (Å²) in [6.45, 7) is 5.11. The van der Waals surface area contributed by atoms with E-state index in [-0.39, 0.29) is 5.91 Å². The van der Waals surface area contributed by atoms with E-state index in [9.17, 15) is 4.79 Å². The van der Waals surface area contributed by atoms with Gasteiger partial charge in [-0.2, -0.15) is 0 Å². The second-order valence-electron chi connectivity index (χ2n) is 7.43. The number of ether oxygens (including phenoxy) is 1. The van der Waals surface area contributed by atoms with Crippen molar-refractivity contribution in [1.29, 1.82) is 0 Å². The van der Waals surface area contributed by atoms with Gasteiger partial charge in [-0.15, -0.1) is 0 Å². The number of carbonyl (C=O) groups excluding carboxylic acids is 1. The molecule has 1 fully saturated rings.